The van der Waals surface area contributed by atoms with E-state index in [1.165, 1.54) is 12.8 Å². The van der Waals surface area contributed by atoms with Crippen LogP contribution < -0.4 is 0 Å². The molecule has 5 heteroatoms. The van der Waals surface area contributed by atoms with Crippen molar-refractivity contribution in [2.75, 3.05) is 0 Å². The molecule has 0 fully saturated rings. The van der Waals surface area contributed by atoms with Crippen LogP contribution in [0.25, 0.3) is 16.7 Å². The summed E-state index contributed by atoms with van der Waals surface area (Å²) < 4.78 is 0. The molecule has 27 heavy (non-hydrogen) atoms. The highest BCUT2D eigenvalue weighted by molar-refractivity contribution is 6.37. The minimum atomic E-state index is -0.518. The van der Waals surface area contributed by atoms with Gasteiger partial charge in [0.2, 0.25) is 0 Å². The van der Waals surface area contributed by atoms with Crippen molar-refractivity contribution in [3.8, 4) is 5.69 Å². The van der Waals surface area contributed by atoms with Gasteiger partial charge in [-0.15, -0.1) is 10.2 Å². The summed E-state index contributed by atoms with van der Waals surface area (Å²) in [5.74, 6) is 0.203. The zero-order valence-electron chi connectivity index (χ0n) is 16.7. The van der Waals surface area contributed by atoms with E-state index >= 15 is 0 Å². The molecule has 0 aliphatic heterocycles. The number of nitrogens with zero attached hydrogens (tertiary/aromatic N) is 3. The van der Waals surface area contributed by atoms with E-state index in [-0.39, 0.29) is 5.92 Å². The molecule has 3 rings (SSSR count). The number of benzene rings is 2. The summed E-state index contributed by atoms with van der Waals surface area (Å²) in [5.41, 5.74) is 5.41. The lowest BCUT2D eigenvalue weighted by Crippen LogP contribution is -2.16. The quantitative estimate of drug-likeness (QED) is 0.552. The van der Waals surface area contributed by atoms with Crippen LogP contribution >= 0.6 is 0 Å². The van der Waals surface area contributed by atoms with Crippen molar-refractivity contribution < 1.29 is 5.11 Å². The van der Waals surface area contributed by atoms with Crippen molar-refractivity contribution in [1.29, 1.82) is 0 Å². The molecule has 2 atom stereocenters. The molecule has 0 aliphatic carbocycles. The van der Waals surface area contributed by atoms with Crippen LogP contribution in [0.15, 0.2) is 42.5 Å². The van der Waals surface area contributed by atoms with Gasteiger partial charge in [-0.1, -0.05) is 69.5 Å². The lowest BCUT2D eigenvalue weighted by molar-refractivity contribution is 0.126. The highest BCUT2D eigenvalue weighted by atomic mass is 28.2. The standard InChI is InChI=1S/C22H29N3OSi/c1-5-17(6-2)27-14-16(4)22(26)18-13-15(3)11-12-21(18)25-23-19-9-7-8-10-20(19)24-25/h7-13,16-17,22,26H,5-6,14H2,1-4H3. The predicted molar refractivity (Wildman–Crippen MR) is 113 cm³/mol. The predicted octanol–water partition coefficient (Wildman–Crippen LogP) is 5.13. The minimum absolute atomic E-state index is 0.203. The average Bonchev–Trinajstić information content (AvgIpc) is 3.11. The Kier molecular flexibility index (Phi) is 6.45. The van der Waals surface area contributed by atoms with Gasteiger partial charge in [0.25, 0.3) is 0 Å². The number of aliphatic hydroxyl groups is 1. The third kappa shape index (κ3) is 4.47. The molecule has 0 aliphatic rings. The SMILES string of the molecule is CCC(CC)[Si]CC(C)C(O)c1cc(C)ccc1-n1nc2ccccc2n1. The number of rotatable bonds is 8. The van der Waals surface area contributed by atoms with Crippen LogP contribution in [0.2, 0.25) is 11.6 Å². The summed E-state index contributed by atoms with van der Waals surface area (Å²) in [6.45, 7) is 8.73. The Morgan fingerprint density at radius 2 is 1.67 bits per heavy atom. The first-order valence-corrected chi connectivity index (χ1v) is 11.2. The van der Waals surface area contributed by atoms with Crippen LogP contribution in [0, 0.1) is 12.8 Å². The van der Waals surface area contributed by atoms with Gasteiger partial charge in [0.1, 0.15) is 11.0 Å². The normalized spacial score (nSPS) is 14.0. The molecule has 3 aromatic rings. The molecule has 2 aromatic carbocycles. The monoisotopic (exact) mass is 379 g/mol. The van der Waals surface area contributed by atoms with Crippen molar-refractivity contribution in [1.82, 2.24) is 15.0 Å². The fourth-order valence-corrected chi connectivity index (χ4v) is 4.91. The molecule has 0 saturated heterocycles. The van der Waals surface area contributed by atoms with E-state index in [2.05, 4.69) is 50.0 Å². The summed E-state index contributed by atoms with van der Waals surface area (Å²) in [6, 6.07) is 15.0. The van der Waals surface area contributed by atoms with Crippen molar-refractivity contribution in [2.24, 2.45) is 5.92 Å². The highest BCUT2D eigenvalue weighted by Gasteiger charge is 2.22. The van der Waals surface area contributed by atoms with Crippen LogP contribution in [0.4, 0.5) is 0 Å². The Hall–Kier alpha value is -1.98. The van der Waals surface area contributed by atoms with Crippen molar-refractivity contribution in [2.45, 2.75) is 58.2 Å². The molecular weight excluding hydrogens is 350 g/mol. The summed E-state index contributed by atoms with van der Waals surface area (Å²) in [4.78, 5) is 1.67. The first kappa shape index (κ1) is 19.8. The third-order valence-electron chi connectivity index (χ3n) is 5.26. The Bertz CT molecular complexity index is 855. The maximum absolute atomic E-state index is 11.1. The molecule has 1 aromatic heterocycles. The van der Waals surface area contributed by atoms with Gasteiger partial charge in [-0.25, -0.2) is 0 Å². The van der Waals surface area contributed by atoms with E-state index in [0.29, 0.717) is 0 Å². The van der Waals surface area contributed by atoms with Gasteiger partial charge >= 0.3 is 0 Å². The third-order valence-corrected chi connectivity index (χ3v) is 7.53. The second kappa shape index (κ2) is 8.80. The van der Waals surface area contributed by atoms with Gasteiger partial charge in [-0.05, 0) is 36.6 Å². The van der Waals surface area contributed by atoms with Crippen LogP contribution in [0.1, 0.15) is 50.8 Å². The summed E-state index contributed by atoms with van der Waals surface area (Å²) >= 11 is 0. The van der Waals surface area contributed by atoms with Gasteiger partial charge in [0, 0.05) is 15.1 Å². The summed E-state index contributed by atoms with van der Waals surface area (Å²) in [5, 5.41) is 20.3. The number of aliphatic hydroxyl groups excluding tert-OH is 1. The lowest BCUT2D eigenvalue weighted by Gasteiger charge is -2.23. The van der Waals surface area contributed by atoms with Gasteiger partial charge in [-0.3, -0.25) is 0 Å². The number of hydrogen-bond donors (Lipinski definition) is 1. The number of aromatic nitrogens is 3. The molecule has 0 bridgehead atoms. The Morgan fingerprint density at radius 1 is 1.04 bits per heavy atom. The molecule has 2 unspecified atom stereocenters. The lowest BCUT2D eigenvalue weighted by atomic mass is 9.96. The molecule has 0 saturated carbocycles. The average molecular weight is 380 g/mol. The number of fused-ring (bicyclic) bond motifs is 1. The summed E-state index contributed by atoms with van der Waals surface area (Å²) in [6.07, 6.45) is 1.92. The van der Waals surface area contributed by atoms with Crippen LogP contribution in [-0.4, -0.2) is 29.6 Å². The molecule has 4 nitrogen and oxygen atoms in total. The maximum Gasteiger partial charge on any atom is 0.113 e. The first-order chi connectivity index (χ1) is 13.0. The second-order valence-corrected chi connectivity index (χ2v) is 9.02. The van der Waals surface area contributed by atoms with Crippen molar-refractivity contribution >= 4 is 20.6 Å². The maximum atomic E-state index is 11.1. The molecular formula is C22H29N3OSi. The topological polar surface area (TPSA) is 50.9 Å². The Labute approximate surface area is 164 Å². The van der Waals surface area contributed by atoms with E-state index in [9.17, 15) is 5.11 Å². The van der Waals surface area contributed by atoms with Crippen molar-refractivity contribution in [3.05, 3.63) is 53.6 Å². The fraction of sp³-hybridized carbons (Fsp3) is 0.455. The number of aryl methyl sites for hydroxylation is 1. The Morgan fingerprint density at radius 3 is 2.26 bits per heavy atom. The van der Waals surface area contributed by atoms with Crippen LogP contribution in [-0.2, 0) is 0 Å². The van der Waals surface area contributed by atoms with E-state index < -0.39 is 6.10 Å². The molecule has 1 N–H and O–H groups in total. The largest absolute Gasteiger partial charge is 0.388 e. The molecule has 2 radical (unpaired) electrons. The molecule has 0 amide bonds. The van der Waals surface area contributed by atoms with E-state index in [4.69, 9.17) is 0 Å². The first-order valence-electron chi connectivity index (χ1n) is 9.87. The molecule has 1 heterocycles. The van der Waals surface area contributed by atoms with Crippen LogP contribution in [0.3, 0.4) is 0 Å². The van der Waals surface area contributed by atoms with E-state index in [0.717, 1.165) is 49.0 Å². The van der Waals surface area contributed by atoms with E-state index in [1.807, 2.05) is 30.3 Å². The van der Waals surface area contributed by atoms with Gasteiger partial charge in [0.05, 0.1) is 11.8 Å². The zero-order chi connectivity index (χ0) is 19.4. The van der Waals surface area contributed by atoms with Gasteiger partial charge in [0.15, 0.2) is 0 Å². The Balaban J connectivity index is 1.89. The molecule has 0 spiro atoms. The van der Waals surface area contributed by atoms with Gasteiger partial charge in [-0.2, -0.15) is 4.80 Å². The highest BCUT2D eigenvalue weighted by Crippen LogP contribution is 2.31. The smallest absolute Gasteiger partial charge is 0.113 e. The van der Waals surface area contributed by atoms with Crippen LogP contribution in [0.5, 0.6) is 0 Å². The summed E-state index contributed by atoms with van der Waals surface area (Å²) in [7, 11) is 0.896. The second-order valence-electron chi connectivity index (χ2n) is 7.38. The zero-order valence-corrected chi connectivity index (χ0v) is 17.7. The minimum Gasteiger partial charge on any atom is -0.388 e. The van der Waals surface area contributed by atoms with Crippen molar-refractivity contribution in [3.63, 3.8) is 0 Å². The van der Waals surface area contributed by atoms with E-state index in [1.54, 1.807) is 4.80 Å². The number of hydrogen-bond acceptors (Lipinski definition) is 3. The fourth-order valence-electron chi connectivity index (χ4n) is 3.41. The van der Waals surface area contributed by atoms with Gasteiger partial charge < -0.3 is 5.11 Å². The molecule has 142 valence electrons.